The molecule has 2 aliphatic rings. The van der Waals surface area contributed by atoms with Gasteiger partial charge in [-0.1, -0.05) is 24.3 Å². The van der Waals surface area contributed by atoms with E-state index >= 15 is 0 Å². The van der Waals surface area contributed by atoms with Crippen LogP contribution in [0.3, 0.4) is 0 Å². The summed E-state index contributed by atoms with van der Waals surface area (Å²) in [6, 6.07) is 12.0. The van der Waals surface area contributed by atoms with E-state index in [4.69, 9.17) is 8.92 Å². The monoisotopic (exact) mass is 458 g/mol. The van der Waals surface area contributed by atoms with Gasteiger partial charge in [0.25, 0.3) is 16.0 Å². The lowest BCUT2D eigenvalue weighted by Gasteiger charge is -2.30. The predicted octanol–water partition coefficient (Wildman–Crippen LogP) is 3.26. The van der Waals surface area contributed by atoms with Crippen molar-refractivity contribution in [1.29, 1.82) is 0 Å². The topological polar surface area (TPSA) is 84.9 Å². The molecule has 1 N–H and O–H groups in total. The second kappa shape index (κ2) is 9.21. The van der Waals surface area contributed by atoms with Gasteiger partial charge < -0.3 is 15.0 Å². The van der Waals surface area contributed by atoms with Crippen molar-refractivity contribution in [2.75, 3.05) is 38.8 Å². The van der Waals surface area contributed by atoms with Gasteiger partial charge in [-0.3, -0.25) is 8.98 Å². The quantitative estimate of drug-likeness (QED) is 0.612. The fourth-order valence-corrected chi connectivity index (χ4v) is 5.33. The van der Waals surface area contributed by atoms with Crippen molar-refractivity contribution < 1.29 is 22.1 Å². The Hall–Kier alpha value is -2.42. The average Bonchev–Trinajstić information content (AvgIpc) is 3.05. The number of methoxy groups -OCH3 is 1. The molecule has 0 saturated heterocycles. The van der Waals surface area contributed by atoms with Crippen LogP contribution in [0.4, 0.5) is 5.69 Å². The minimum atomic E-state index is -3.75. The van der Waals surface area contributed by atoms with Crippen LogP contribution in [-0.4, -0.2) is 52.7 Å². The van der Waals surface area contributed by atoms with Crippen LogP contribution in [0.15, 0.2) is 36.4 Å². The van der Waals surface area contributed by atoms with E-state index in [2.05, 4.69) is 29.4 Å². The second-order valence-electron chi connectivity index (χ2n) is 8.72. The van der Waals surface area contributed by atoms with Crippen LogP contribution in [0.5, 0.6) is 5.75 Å². The Bertz CT molecular complexity index is 1120. The van der Waals surface area contributed by atoms with Gasteiger partial charge in [0.05, 0.1) is 13.4 Å². The maximum atomic E-state index is 12.1. The zero-order valence-electron chi connectivity index (χ0n) is 18.8. The van der Waals surface area contributed by atoms with Crippen LogP contribution >= 0.6 is 0 Å². The molecule has 0 bridgehead atoms. The van der Waals surface area contributed by atoms with Gasteiger partial charge in [0, 0.05) is 24.3 Å². The summed E-state index contributed by atoms with van der Waals surface area (Å²) in [5, 5.41) is 2.69. The first kappa shape index (κ1) is 22.8. The number of carbonyl (C=O) groups excluding carboxylic acids is 1. The highest BCUT2D eigenvalue weighted by Gasteiger charge is 2.34. The Kier molecular flexibility index (Phi) is 6.55. The Morgan fingerprint density at radius 2 is 2.00 bits per heavy atom. The van der Waals surface area contributed by atoms with E-state index in [0.29, 0.717) is 17.2 Å². The lowest BCUT2D eigenvalue weighted by atomic mass is 9.82. The first-order valence-electron chi connectivity index (χ1n) is 10.9. The third-order valence-corrected chi connectivity index (χ3v) is 6.83. The van der Waals surface area contributed by atoms with Gasteiger partial charge in [-0.15, -0.1) is 0 Å². The third kappa shape index (κ3) is 4.98. The average molecular weight is 459 g/mol. The summed E-state index contributed by atoms with van der Waals surface area (Å²) in [4.78, 5) is 14.5. The van der Waals surface area contributed by atoms with E-state index in [-0.39, 0.29) is 0 Å². The minimum Gasteiger partial charge on any atom is -0.496 e. The first-order valence-corrected chi connectivity index (χ1v) is 12.7. The number of fused-ring (bicyclic) bond motifs is 2. The fourth-order valence-electron chi connectivity index (χ4n) is 4.79. The molecule has 1 aliphatic heterocycles. The van der Waals surface area contributed by atoms with E-state index in [1.54, 1.807) is 7.11 Å². The Labute approximate surface area is 189 Å². The SMILES string of the molecule is COc1cccc2c1CCCC2CN(C)CCc1ccc2c(c1)C(OS(C)(=O)=O)C(=O)N2. The van der Waals surface area contributed by atoms with Gasteiger partial charge in [0.2, 0.25) is 0 Å². The first-order chi connectivity index (χ1) is 15.2. The molecule has 32 heavy (non-hydrogen) atoms. The number of carbonyl (C=O) groups is 1. The van der Waals surface area contributed by atoms with E-state index < -0.39 is 22.1 Å². The largest absolute Gasteiger partial charge is 0.496 e. The predicted molar refractivity (Wildman–Crippen MR) is 124 cm³/mol. The summed E-state index contributed by atoms with van der Waals surface area (Å²) in [5.74, 6) is 1.02. The van der Waals surface area contributed by atoms with Crippen molar-refractivity contribution in [2.45, 2.75) is 37.7 Å². The number of likely N-dealkylation sites (N-methyl/N-ethyl adjacent to an activating group) is 1. The van der Waals surface area contributed by atoms with Gasteiger partial charge in [0.15, 0.2) is 6.10 Å². The Morgan fingerprint density at radius 1 is 1.19 bits per heavy atom. The maximum absolute atomic E-state index is 12.1. The number of nitrogens with one attached hydrogen (secondary N) is 1. The Balaban J connectivity index is 1.41. The molecule has 2 atom stereocenters. The normalized spacial score (nSPS) is 20.1. The van der Waals surface area contributed by atoms with Crippen molar-refractivity contribution in [3.63, 3.8) is 0 Å². The molecular weight excluding hydrogens is 428 g/mol. The van der Waals surface area contributed by atoms with Crippen LogP contribution in [0, 0.1) is 0 Å². The number of rotatable bonds is 8. The summed E-state index contributed by atoms with van der Waals surface area (Å²) in [6.45, 7) is 1.82. The molecule has 4 rings (SSSR count). The number of hydrogen-bond acceptors (Lipinski definition) is 6. The molecular formula is C24H30N2O5S. The zero-order valence-corrected chi connectivity index (χ0v) is 19.6. The molecule has 7 nitrogen and oxygen atoms in total. The lowest BCUT2D eigenvalue weighted by Crippen LogP contribution is -2.28. The molecule has 0 saturated carbocycles. The number of nitrogens with zero attached hydrogens (tertiary/aromatic N) is 1. The highest BCUT2D eigenvalue weighted by atomic mass is 32.2. The summed E-state index contributed by atoms with van der Waals surface area (Å²) < 4.78 is 33.7. The van der Waals surface area contributed by atoms with E-state index in [9.17, 15) is 13.2 Å². The lowest BCUT2D eigenvalue weighted by molar-refractivity contribution is -0.122. The molecule has 2 aromatic rings. The van der Waals surface area contributed by atoms with E-state index in [1.807, 2.05) is 24.3 Å². The van der Waals surface area contributed by atoms with Crippen molar-refractivity contribution >= 4 is 21.7 Å². The summed E-state index contributed by atoms with van der Waals surface area (Å²) in [6.07, 6.45) is 4.03. The molecule has 1 amide bonds. The fraction of sp³-hybridized carbons (Fsp3) is 0.458. The van der Waals surface area contributed by atoms with Crippen molar-refractivity contribution in [1.82, 2.24) is 4.90 Å². The molecule has 8 heteroatoms. The zero-order chi connectivity index (χ0) is 22.9. The van der Waals surface area contributed by atoms with Crippen LogP contribution in [0.25, 0.3) is 0 Å². The summed E-state index contributed by atoms with van der Waals surface area (Å²) in [7, 11) is 0.114. The number of amides is 1. The molecule has 172 valence electrons. The molecule has 1 heterocycles. The highest BCUT2D eigenvalue weighted by molar-refractivity contribution is 7.86. The van der Waals surface area contributed by atoms with Crippen LogP contribution in [0.2, 0.25) is 0 Å². The standard InChI is InChI=1S/C24H30N2O5S/c1-26(15-17-6-4-8-19-18(17)7-5-9-22(19)30-2)13-12-16-10-11-21-20(14-16)23(24(27)25-21)31-32(3,28)29/h5,7,9-11,14,17,23H,4,6,8,12-13,15H2,1-3H3,(H,25,27). The van der Waals surface area contributed by atoms with Crippen molar-refractivity contribution in [3.8, 4) is 5.75 Å². The van der Waals surface area contributed by atoms with Gasteiger partial charge in [-0.05, 0) is 67.5 Å². The number of anilines is 1. The van der Waals surface area contributed by atoms with Crippen LogP contribution in [-0.2, 0) is 31.9 Å². The molecule has 0 aromatic heterocycles. The van der Waals surface area contributed by atoms with Gasteiger partial charge in [-0.25, -0.2) is 0 Å². The van der Waals surface area contributed by atoms with Crippen molar-refractivity contribution in [2.24, 2.45) is 0 Å². The minimum absolute atomic E-state index is 0.453. The maximum Gasteiger partial charge on any atom is 0.265 e. The number of ether oxygens (including phenoxy) is 1. The summed E-state index contributed by atoms with van der Waals surface area (Å²) >= 11 is 0. The smallest absolute Gasteiger partial charge is 0.265 e. The number of hydrogen-bond donors (Lipinski definition) is 1. The summed E-state index contributed by atoms with van der Waals surface area (Å²) in [5.41, 5.74) is 4.96. The Morgan fingerprint density at radius 3 is 2.75 bits per heavy atom. The van der Waals surface area contributed by atoms with Crippen LogP contribution < -0.4 is 10.1 Å². The second-order valence-corrected chi connectivity index (χ2v) is 10.3. The molecule has 1 aliphatic carbocycles. The van der Waals surface area contributed by atoms with Gasteiger partial charge in [-0.2, -0.15) is 8.42 Å². The molecule has 0 spiro atoms. The number of benzene rings is 2. The van der Waals surface area contributed by atoms with Crippen molar-refractivity contribution in [3.05, 3.63) is 58.7 Å². The van der Waals surface area contributed by atoms with Crippen LogP contribution in [0.1, 0.15) is 47.1 Å². The molecule has 0 radical (unpaired) electrons. The molecule has 2 aromatic carbocycles. The van der Waals surface area contributed by atoms with Gasteiger partial charge >= 0.3 is 0 Å². The molecule has 0 fully saturated rings. The van der Waals surface area contributed by atoms with Gasteiger partial charge in [0.1, 0.15) is 5.75 Å². The van der Waals surface area contributed by atoms with E-state index in [1.165, 1.54) is 24.0 Å². The van der Waals surface area contributed by atoms with E-state index in [0.717, 1.165) is 43.5 Å². The third-order valence-electron chi connectivity index (χ3n) is 6.29. The highest BCUT2D eigenvalue weighted by Crippen LogP contribution is 2.37. The molecule has 2 unspecified atom stereocenters.